The zero-order valence-electron chi connectivity index (χ0n) is 10.2. The molecule has 0 bridgehead atoms. The Bertz CT molecular complexity index is 524. The molecule has 1 rings (SSSR count). The highest BCUT2D eigenvalue weighted by atomic mass is 32.2. The number of sulfone groups is 1. The predicted molar refractivity (Wildman–Crippen MR) is 67.2 cm³/mol. The third-order valence-corrected chi connectivity index (χ3v) is 3.69. The van der Waals surface area contributed by atoms with Crippen molar-refractivity contribution in [1.82, 2.24) is 14.8 Å². The standard InChI is InChI=1S/C9H15N3O4S2/c1-3-4-12-7(6-18(2,15)16)10-11-9(12)17-5-8(13)14/h3-6H2,1-2H3,(H,13,14). The van der Waals surface area contributed by atoms with Crippen molar-refractivity contribution in [1.29, 1.82) is 0 Å². The van der Waals surface area contributed by atoms with Crippen molar-refractivity contribution in [2.75, 3.05) is 12.0 Å². The molecule has 1 aromatic rings. The summed E-state index contributed by atoms with van der Waals surface area (Å²) in [7, 11) is -3.18. The number of aliphatic carboxylic acids is 1. The molecule has 0 unspecified atom stereocenters. The highest BCUT2D eigenvalue weighted by Crippen LogP contribution is 2.18. The molecule has 0 radical (unpaired) electrons. The number of thioether (sulfide) groups is 1. The summed E-state index contributed by atoms with van der Waals surface area (Å²) in [5.74, 6) is -0.906. The van der Waals surface area contributed by atoms with Crippen LogP contribution in [0.4, 0.5) is 0 Å². The Labute approximate surface area is 110 Å². The molecule has 0 fully saturated rings. The summed E-state index contributed by atoms with van der Waals surface area (Å²) in [6.07, 6.45) is 1.91. The Morgan fingerprint density at radius 2 is 2.11 bits per heavy atom. The van der Waals surface area contributed by atoms with Gasteiger partial charge in [-0.2, -0.15) is 0 Å². The summed E-state index contributed by atoms with van der Waals surface area (Å²) in [6, 6.07) is 0. The van der Waals surface area contributed by atoms with Gasteiger partial charge in [0.1, 0.15) is 11.6 Å². The van der Waals surface area contributed by atoms with E-state index in [0.717, 1.165) is 24.4 Å². The van der Waals surface area contributed by atoms with Gasteiger partial charge in [0, 0.05) is 12.8 Å². The number of carboxylic acid groups (broad SMARTS) is 1. The van der Waals surface area contributed by atoms with Crippen LogP contribution >= 0.6 is 11.8 Å². The van der Waals surface area contributed by atoms with Crippen LogP contribution in [0.5, 0.6) is 0 Å². The molecule has 0 aliphatic rings. The highest BCUT2D eigenvalue weighted by Gasteiger charge is 2.16. The second-order valence-electron chi connectivity index (χ2n) is 3.80. The summed E-state index contributed by atoms with van der Waals surface area (Å²) < 4.78 is 24.2. The molecular weight excluding hydrogens is 278 g/mol. The summed E-state index contributed by atoms with van der Waals surface area (Å²) in [5.41, 5.74) is 0. The lowest BCUT2D eigenvalue weighted by Crippen LogP contribution is -2.10. The number of rotatable bonds is 7. The SMILES string of the molecule is CCCn1c(CS(C)(=O)=O)nnc1SCC(=O)O. The minimum atomic E-state index is -3.18. The molecule has 102 valence electrons. The molecule has 0 aliphatic heterocycles. The minimum absolute atomic E-state index is 0.124. The molecule has 18 heavy (non-hydrogen) atoms. The van der Waals surface area contributed by atoms with Gasteiger partial charge < -0.3 is 9.67 Å². The summed E-state index contributed by atoms with van der Waals surface area (Å²) in [4.78, 5) is 10.5. The molecule has 1 heterocycles. The van der Waals surface area contributed by atoms with Crippen molar-refractivity contribution in [3.05, 3.63) is 5.82 Å². The summed E-state index contributed by atoms with van der Waals surface area (Å²) in [5, 5.41) is 16.7. The molecule has 9 heteroatoms. The second kappa shape index (κ2) is 6.19. The Balaban J connectivity index is 2.94. The third-order valence-electron chi connectivity index (χ3n) is 1.96. The normalized spacial score (nSPS) is 11.7. The largest absolute Gasteiger partial charge is 0.481 e. The molecule has 0 saturated heterocycles. The van der Waals surface area contributed by atoms with Crippen LogP contribution in [0.25, 0.3) is 0 Å². The monoisotopic (exact) mass is 293 g/mol. The van der Waals surface area contributed by atoms with Gasteiger partial charge in [0.25, 0.3) is 0 Å². The van der Waals surface area contributed by atoms with Crippen LogP contribution in [-0.2, 0) is 26.9 Å². The van der Waals surface area contributed by atoms with Crippen molar-refractivity contribution < 1.29 is 18.3 Å². The first kappa shape index (κ1) is 15.0. The number of nitrogens with zero attached hydrogens (tertiary/aromatic N) is 3. The number of hydrogen-bond donors (Lipinski definition) is 1. The van der Waals surface area contributed by atoms with Gasteiger partial charge in [-0.25, -0.2) is 8.42 Å². The molecule has 0 aliphatic carbocycles. The lowest BCUT2D eigenvalue weighted by molar-refractivity contribution is -0.133. The van der Waals surface area contributed by atoms with Gasteiger partial charge in [0.2, 0.25) is 0 Å². The summed E-state index contributed by atoms with van der Waals surface area (Å²) in [6.45, 7) is 2.51. The molecule has 0 aromatic carbocycles. The number of hydrogen-bond acceptors (Lipinski definition) is 6. The number of aromatic nitrogens is 3. The van der Waals surface area contributed by atoms with Gasteiger partial charge in [-0.05, 0) is 6.42 Å². The number of carbonyl (C=O) groups is 1. The van der Waals surface area contributed by atoms with Crippen molar-refractivity contribution >= 4 is 27.6 Å². The summed E-state index contributed by atoms with van der Waals surface area (Å²) >= 11 is 1.04. The first-order chi connectivity index (χ1) is 8.33. The fourth-order valence-corrected chi connectivity index (χ4v) is 2.73. The van der Waals surface area contributed by atoms with Crippen LogP contribution in [0.2, 0.25) is 0 Å². The van der Waals surface area contributed by atoms with E-state index in [2.05, 4.69) is 10.2 Å². The van der Waals surface area contributed by atoms with Crippen LogP contribution in [0, 0.1) is 0 Å². The minimum Gasteiger partial charge on any atom is -0.481 e. The molecule has 0 saturated carbocycles. The maximum atomic E-state index is 11.3. The molecule has 0 amide bonds. The van der Waals surface area contributed by atoms with Gasteiger partial charge in [-0.1, -0.05) is 18.7 Å². The van der Waals surface area contributed by atoms with E-state index in [9.17, 15) is 13.2 Å². The van der Waals surface area contributed by atoms with E-state index >= 15 is 0 Å². The van der Waals surface area contributed by atoms with E-state index in [1.807, 2.05) is 6.92 Å². The van der Waals surface area contributed by atoms with Crippen molar-refractivity contribution in [3.8, 4) is 0 Å². The molecule has 0 spiro atoms. The smallest absolute Gasteiger partial charge is 0.313 e. The fourth-order valence-electron chi connectivity index (χ4n) is 1.34. The maximum Gasteiger partial charge on any atom is 0.313 e. The van der Waals surface area contributed by atoms with E-state index in [-0.39, 0.29) is 11.5 Å². The Morgan fingerprint density at radius 1 is 1.44 bits per heavy atom. The molecule has 0 atom stereocenters. The van der Waals surface area contributed by atoms with E-state index < -0.39 is 15.8 Å². The average Bonchev–Trinajstić information content (AvgIpc) is 2.57. The maximum absolute atomic E-state index is 11.3. The van der Waals surface area contributed by atoms with E-state index in [4.69, 9.17) is 5.11 Å². The predicted octanol–water partition coefficient (Wildman–Crippen LogP) is 0.409. The van der Waals surface area contributed by atoms with Crippen LogP contribution in [0.1, 0.15) is 19.2 Å². The zero-order valence-corrected chi connectivity index (χ0v) is 11.8. The van der Waals surface area contributed by atoms with Crippen LogP contribution < -0.4 is 0 Å². The van der Waals surface area contributed by atoms with Crippen LogP contribution in [0.15, 0.2) is 5.16 Å². The van der Waals surface area contributed by atoms with Gasteiger partial charge in [-0.15, -0.1) is 10.2 Å². The zero-order chi connectivity index (χ0) is 13.8. The topological polar surface area (TPSA) is 102 Å². The fraction of sp³-hybridized carbons (Fsp3) is 0.667. The second-order valence-corrected chi connectivity index (χ2v) is 6.89. The molecule has 7 nitrogen and oxygen atoms in total. The first-order valence-corrected chi connectivity index (χ1v) is 8.32. The van der Waals surface area contributed by atoms with E-state index in [1.54, 1.807) is 4.57 Å². The van der Waals surface area contributed by atoms with Gasteiger partial charge in [0.05, 0.1) is 5.75 Å². The molecule has 1 N–H and O–H groups in total. The van der Waals surface area contributed by atoms with Gasteiger partial charge in [0.15, 0.2) is 15.0 Å². The van der Waals surface area contributed by atoms with E-state index in [0.29, 0.717) is 17.5 Å². The highest BCUT2D eigenvalue weighted by molar-refractivity contribution is 7.99. The van der Waals surface area contributed by atoms with Crippen LogP contribution in [-0.4, -0.2) is 46.3 Å². The average molecular weight is 293 g/mol. The van der Waals surface area contributed by atoms with Gasteiger partial charge in [-0.3, -0.25) is 4.79 Å². The Morgan fingerprint density at radius 3 is 2.61 bits per heavy atom. The van der Waals surface area contributed by atoms with Crippen LogP contribution in [0.3, 0.4) is 0 Å². The lowest BCUT2D eigenvalue weighted by Gasteiger charge is -2.07. The quantitative estimate of drug-likeness (QED) is 0.726. The van der Waals surface area contributed by atoms with Crippen molar-refractivity contribution in [3.63, 3.8) is 0 Å². The first-order valence-electron chi connectivity index (χ1n) is 5.28. The van der Waals surface area contributed by atoms with Gasteiger partial charge >= 0.3 is 5.97 Å². The van der Waals surface area contributed by atoms with Crippen molar-refractivity contribution in [2.24, 2.45) is 0 Å². The Hall–Kier alpha value is -1.09. The number of carboxylic acids is 1. The van der Waals surface area contributed by atoms with E-state index in [1.165, 1.54) is 0 Å². The molecular formula is C9H15N3O4S2. The molecule has 1 aromatic heterocycles. The van der Waals surface area contributed by atoms with Crippen molar-refractivity contribution in [2.45, 2.75) is 30.8 Å². The lowest BCUT2D eigenvalue weighted by atomic mass is 10.5. The Kier molecular flexibility index (Phi) is 5.15. The third kappa shape index (κ3) is 4.65.